The third-order valence-corrected chi connectivity index (χ3v) is 6.00. The van der Waals surface area contributed by atoms with E-state index in [4.69, 9.17) is 4.74 Å². The molecule has 7 nitrogen and oxygen atoms in total. The molecule has 0 saturated carbocycles. The van der Waals surface area contributed by atoms with Crippen molar-refractivity contribution in [2.75, 3.05) is 29.8 Å². The van der Waals surface area contributed by atoms with Gasteiger partial charge in [-0.05, 0) is 36.9 Å². The molecule has 1 N–H and O–H groups in total. The number of rotatable bonds is 5. The summed E-state index contributed by atoms with van der Waals surface area (Å²) in [5, 5.41) is 10.5. The number of hydrogen-bond acceptors (Lipinski definition) is 6. The van der Waals surface area contributed by atoms with E-state index in [1.807, 2.05) is 48.0 Å². The van der Waals surface area contributed by atoms with Gasteiger partial charge in [-0.25, -0.2) is 0 Å². The first kappa shape index (κ1) is 19.8. The van der Waals surface area contributed by atoms with Crippen molar-refractivity contribution in [2.24, 2.45) is 14.1 Å². The van der Waals surface area contributed by atoms with Crippen molar-refractivity contribution in [1.82, 2.24) is 19.6 Å². The number of fused-ring (bicyclic) bond motifs is 1. The van der Waals surface area contributed by atoms with Crippen molar-refractivity contribution < 1.29 is 4.74 Å². The maximum Gasteiger partial charge on any atom is 0.150 e. The van der Waals surface area contributed by atoms with Crippen molar-refractivity contribution >= 4 is 47.9 Å². The van der Waals surface area contributed by atoms with E-state index in [0.29, 0.717) is 5.25 Å². The molecule has 0 bridgehead atoms. The number of nitrogens with one attached hydrogen (secondary N) is 1. The van der Waals surface area contributed by atoms with Crippen molar-refractivity contribution in [3.05, 3.63) is 30.6 Å². The van der Waals surface area contributed by atoms with Crippen LogP contribution in [0.3, 0.4) is 0 Å². The minimum Gasteiger partial charge on any atom is -0.494 e. The molecule has 1 saturated heterocycles. The lowest BCUT2D eigenvalue weighted by Gasteiger charge is -2.31. The van der Waals surface area contributed by atoms with Crippen molar-refractivity contribution in [2.45, 2.75) is 18.1 Å². The minimum absolute atomic E-state index is 0. The maximum atomic E-state index is 5.56. The molecule has 1 aliphatic heterocycles. The Hall–Kier alpha value is -2.00. The summed E-state index contributed by atoms with van der Waals surface area (Å²) in [6, 6.07) is 6.12. The molecule has 1 aromatic carbocycles. The first-order chi connectivity index (χ1) is 12.7. The predicted octanol–water partition coefficient (Wildman–Crippen LogP) is 3.16. The zero-order chi connectivity index (χ0) is 18.1. The minimum atomic E-state index is 0. The molecule has 1 fully saturated rings. The maximum absolute atomic E-state index is 5.56. The molecule has 9 heteroatoms. The molecule has 0 radical (unpaired) electrons. The molecule has 27 heavy (non-hydrogen) atoms. The Morgan fingerprint density at radius 2 is 1.96 bits per heavy atom. The second kappa shape index (κ2) is 8.35. The smallest absolute Gasteiger partial charge is 0.150 e. The Labute approximate surface area is 170 Å². The van der Waals surface area contributed by atoms with E-state index in [9.17, 15) is 0 Å². The normalized spacial score (nSPS) is 15.0. The van der Waals surface area contributed by atoms with E-state index in [1.54, 1.807) is 19.1 Å². The Bertz CT molecular complexity index is 901. The average molecular weight is 407 g/mol. The largest absolute Gasteiger partial charge is 0.494 e. The second-order valence-corrected chi connectivity index (χ2v) is 7.71. The summed E-state index contributed by atoms with van der Waals surface area (Å²) in [6.07, 6.45) is 6.13. The molecule has 4 rings (SSSR count). The van der Waals surface area contributed by atoms with Crippen LogP contribution in [-0.2, 0) is 14.1 Å². The molecule has 0 unspecified atom stereocenters. The standard InChI is InChI=1S/C18H24N6OS.H2S/c1-22-9-8-16(20-22)24-10-6-14(7-11-24)26-21-17-15(25-3)5-4-13-12-19-23(2)18(13)17;/h4-5,8-9,12,14,21H,6-7,10-11H2,1-3H3;1H2. The zero-order valence-electron chi connectivity index (χ0n) is 15.8. The summed E-state index contributed by atoms with van der Waals surface area (Å²) in [5.74, 6) is 1.92. The molecule has 2 aromatic heterocycles. The van der Waals surface area contributed by atoms with Crippen LogP contribution in [0, 0.1) is 0 Å². The van der Waals surface area contributed by atoms with Crippen LogP contribution in [0.4, 0.5) is 11.5 Å². The van der Waals surface area contributed by atoms with Crippen LogP contribution in [0.15, 0.2) is 30.6 Å². The first-order valence-electron chi connectivity index (χ1n) is 8.80. The van der Waals surface area contributed by atoms with Crippen LogP contribution >= 0.6 is 25.4 Å². The summed E-state index contributed by atoms with van der Waals surface area (Å²) in [7, 11) is 5.63. The van der Waals surface area contributed by atoms with Gasteiger partial charge in [0, 0.05) is 50.1 Å². The predicted molar refractivity (Wildman–Crippen MR) is 117 cm³/mol. The molecule has 0 spiro atoms. The fourth-order valence-electron chi connectivity index (χ4n) is 3.43. The van der Waals surface area contributed by atoms with E-state index in [1.165, 1.54) is 0 Å². The fraction of sp³-hybridized carbons (Fsp3) is 0.444. The van der Waals surface area contributed by atoms with E-state index in [2.05, 4.69) is 25.9 Å². The van der Waals surface area contributed by atoms with Crippen LogP contribution in [-0.4, -0.2) is 45.0 Å². The second-order valence-electron chi connectivity index (χ2n) is 6.60. The van der Waals surface area contributed by atoms with Crippen molar-refractivity contribution in [1.29, 1.82) is 0 Å². The number of benzene rings is 1. The van der Waals surface area contributed by atoms with E-state index in [0.717, 1.165) is 54.1 Å². The van der Waals surface area contributed by atoms with Gasteiger partial charge >= 0.3 is 0 Å². The lowest BCUT2D eigenvalue weighted by atomic mass is 10.1. The quantitative estimate of drug-likeness (QED) is 0.657. The highest BCUT2D eigenvalue weighted by molar-refractivity contribution is 8.01. The van der Waals surface area contributed by atoms with Crippen molar-refractivity contribution in [3.8, 4) is 5.75 Å². The highest BCUT2D eigenvalue weighted by Crippen LogP contribution is 2.36. The fourth-order valence-corrected chi connectivity index (χ4v) is 4.36. The van der Waals surface area contributed by atoms with Gasteiger partial charge in [-0.2, -0.15) is 23.7 Å². The van der Waals surface area contributed by atoms with Crippen LogP contribution in [0.1, 0.15) is 12.8 Å². The van der Waals surface area contributed by atoms with Gasteiger partial charge in [-0.3, -0.25) is 9.36 Å². The Kier molecular flexibility index (Phi) is 6.11. The van der Waals surface area contributed by atoms with Crippen LogP contribution in [0.25, 0.3) is 10.9 Å². The Morgan fingerprint density at radius 1 is 1.19 bits per heavy atom. The van der Waals surface area contributed by atoms with Gasteiger partial charge in [-0.15, -0.1) is 0 Å². The molecule has 3 heterocycles. The topological polar surface area (TPSA) is 60.1 Å². The number of nitrogens with zero attached hydrogens (tertiary/aromatic N) is 5. The Morgan fingerprint density at radius 3 is 2.63 bits per heavy atom. The summed E-state index contributed by atoms with van der Waals surface area (Å²) in [4.78, 5) is 2.36. The number of aryl methyl sites for hydroxylation is 2. The Balaban J connectivity index is 0.00000210. The lowest BCUT2D eigenvalue weighted by molar-refractivity contribution is 0.417. The van der Waals surface area contributed by atoms with Crippen molar-refractivity contribution in [3.63, 3.8) is 0 Å². The molecule has 0 amide bonds. The van der Waals surface area contributed by atoms with Gasteiger partial charge < -0.3 is 14.4 Å². The third kappa shape index (κ3) is 3.98. The number of methoxy groups -OCH3 is 1. The van der Waals surface area contributed by atoms with Gasteiger partial charge in [0.15, 0.2) is 5.82 Å². The van der Waals surface area contributed by atoms with Crippen LogP contribution in [0.5, 0.6) is 5.75 Å². The molecule has 3 aromatic rings. The van der Waals surface area contributed by atoms with Gasteiger partial charge in [-0.1, -0.05) is 0 Å². The molecule has 0 atom stereocenters. The number of hydrogen-bond donors (Lipinski definition) is 1. The SMILES string of the molecule is COc1ccc2cnn(C)c2c1NSC1CCN(c2ccn(C)n2)CC1.S. The molecule has 0 aliphatic carbocycles. The summed E-state index contributed by atoms with van der Waals surface area (Å²) in [6.45, 7) is 2.06. The van der Waals surface area contributed by atoms with Crippen LogP contribution < -0.4 is 14.4 Å². The van der Waals surface area contributed by atoms with E-state index < -0.39 is 0 Å². The summed E-state index contributed by atoms with van der Waals surface area (Å²) >= 11 is 1.79. The molecular formula is C18H26N6OS2. The molecule has 1 aliphatic rings. The summed E-state index contributed by atoms with van der Waals surface area (Å²) < 4.78 is 12.9. The lowest BCUT2D eigenvalue weighted by Crippen LogP contribution is -2.35. The highest BCUT2D eigenvalue weighted by Gasteiger charge is 2.22. The number of anilines is 2. The average Bonchev–Trinajstić information content (AvgIpc) is 3.26. The molecular weight excluding hydrogens is 380 g/mol. The highest BCUT2D eigenvalue weighted by atomic mass is 32.2. The van der Waals surface area contributed by atoms with E-state index in [-0.39, 0.29) is 13.5 Å². The summed E-state index contributed by atoms with van der Waals surface area (Å²) in [5.41, 5.74) is 2.07. The number of piperidine rings is 1. The number of ether oxygens (including phenoxy) is 1. The van der Waals surface area contributed by atoms with Crippen LogP contribution in [0.2, 0.25) is 0 Å². The third-order valence-electron chi connectivity index (χ3n) is 4.88. The molecule has 146 valence electrons. The van der Waals surface area contributed by atoms with E-state index >= 15 is 0 Å². The van der Waals surface area contributed by atoms with Gasteiger partial charge in [0.1, 0.15) is 11.4 Å². The first-order valence-corrected chi connectivity index (χ1v) is 9.68. The zero-order valence-corrected chi connectivity index (χ0v) is 17.7. The monoisotopic (exact) mass is 406 g/mol. The van der Waals surface area contributed by atoms with Gasteiger partial charge in [0.25, 0.3) is 0 Å². The van der Waals surface area contributed by atoms with Gasteiger partial charge in [0.2, 0.25) is 0 Å². The number of aromatic nitrogens is 4. The van der Waals surface area contributed by atoms with Gasteiger partial charge in [0.05, 0.1) is 18.8 Å².